The van der Waals surface area contributed by atoms with E-state index in [1.54, 1.807) is 36.4 Å². The average molecular weight is 375 g/mol. The molecule has 0 heterocycles. The van der Waals surface area contributed by atoms with Gasteiger partial charge in [0.15, 0.2) is 0 Å². The number of hydrogen-bond donors (Lipinski definition) is 1. The third kappa shape index (κ3) is 5.45. The van der Waals surface area contributed by atoms with Crippen LogP contribution >= 0.6 is 0 Å². The Balaban J connectivity index is 1.60. The Bertz CT molecular complexity index is 980. The van der Waals surface area contributed by atoms with E-state index >= 15 is 0 Å². The van der Waals surface area contributed by atoms with E-state index in [-0.39, 0.29) is 5.91 Å². The summed E-state index contributed by atoms with van der Waals surface area (Å²) in [5, 5.41) is 2.65. The average Bonchev–Trinajstić information content (AvgIpc) is 2.66. The normalized spacial score (nSPS) is 10.2. The molecule has 3 aromatic rings. The summed E-state index contributed by atoms with van der Waals surface area (Å²) >= 11 is 0. The van der Waals surface area contributed by atoms with Crippen molar-refractivity contribution in [3.05, 3.63) is 89.5 Å². The first-order valence-electron chi connectivity index (χ1n) is 8.88. The Morgan fingerprint density at radius 1 is 0.893 bits per heavy atom. The molecular formula is C23H21NO4. The predicted molar refractivity (Wildman–Crippen MR) is 108 cm³/mol. The maximum atomic E-state index is 12.3. The van der Waals surface area contributed by atoms with Gasteiger partial charge in [0.1, 0.15) is 18.1 Å². The van der Waals surface area contributed by atoms with E-state index in [1.165, 1.54) is 6.92 Å². The monoisotopic (exact) mass is 375 g/mol. The Kier molecular flexibility index (Phi) is 6.07. The highest BCUT2D eigenvalue weighted by atomic mass is 16.5. The second kappa shape index (κ2) is 8.86. The fourth-order valence-corrected chi connectivity index (χ4v) is 2.62. The van der Waals surface area contributed by atoms with Crippen LogP contribution in [0.5, 0.6) is 11.5 Å². The van der Waals surface area contributed by atoms with Crippen molar-refractivity contribution in [2.75, 3.05) is 5.32 Å². The number of carbonyl (C=O) groups is 2. The number of benzene rings is 3. The first-order chi connectivity index (χ1) is 13.5. The molecule has 1 N–H and O–H groups in total. The van der Waals surface area contributed by atoms with Gasteiger partial charge < -0.3 is 14.8 Å². The zero-order valence-electron chi connectivity index (χ0n) is 15.8. The second-order valence-corrected chi connectivity index (χ2v) is 6.40. The highest BCUT2D eigenvalue weighted by molar-refractivity contribution is 5.92. The van der Waals surface area contributed by atoms with Crippen molar-refractivity contribution in [1.29, 1.82) is 0 Å². The van der Waals surface area contributed by atoms with E-state index < -0.39 is 5.97 Å². The van der Waals surface area contributed by atoms with Crippen LogP contribution in [0.3, 0.4) is 0 Å². The second-order valence-electron chi connectivity index (χ2n) is 6.40. The van der Waals surface area contributed by atoms with Gasteiger partial charge >= 0.3 is 5.97 Å². The minimum Gasteiger partial charge on any atom is -0.489 e. The summed E-state index contributed by atoms with van der Waals surface area (Å²) in [6, 6.07) is 21.6. The number of hydrogen-bond acceptors (Lipinski definition) is 4. The molecule has 5 nitrogen and oxygen atoms in total. The van der Waals surface area contributed by atoms with Crippen LogP contribution in [-0.4, -0.2) is 11.9 Å². The molecule has 0 bridgehead atoms. The van der Waals surface area contributed by atoms with Crippen molar-refractivity contribution in [2.24, 2.45) is 0 Å². The summed E-state index contributed by atoms with van der Waals surface area (Å²) in [5.41, 5.74) is 3.09. The summed E-state index contributed by atoms with van der Waals surface area (Å²) in [5.74, 6) is 0.517. The van der Waals surface area contributed by atoms with Crippen LogP contribution in [0.15, 0.2) is 72.8 Å². The summed E-state index contributed by atoms with van der Waals surface area (Å²) in [6.07, 6.45) is 0. The molecule has 0 aliphatic heterocycles. The highest BCUT2D eigenvalue weighted by Crippen LogP contribution is 2.19. The maximum Gasteiger partial charge on any atom is 0.343 e. The first-order valence-corrected chi connectivity index (χ1v) is 8.88. The zero-order valence-corrected chi connectivity index (χ0v) is 15.8. The van der Waals surface area contributed by atoms with E-state index in [1.807, 2.05) is 43.3 Å². The number of anilines is 1. The highest BCUT2D eigenvalue weighted by Gasteiger charge is 2.09. The van der Waals surface area contributed by atoms with Crippen molar-refractivity contribution >= 4 is 17.6 Å². The minimum absolute atomic E-state index is 0.188. The van der Waals surface area contributed by atoms with E-state index in [9.17, 15) is 9.59 Å². The number of amides is 1. The third-order valence-electron chi connectivity index (χ3n) is 3.95. The fourth-order valence-electron chi connectivity index (χ4n) is 2.62. The van der Waals surface area contributed by atoms with Crippen LogP contribution in [-0.2, 0) is 11.4 Å². The van der Waals surface area contributed by atoms with Crippen LogP contribution in [0.1, 0.15) is 28.4 Å². The van der Waals surface area contributed by atoms with Gasteiger partial charge in [-0.3, -0.25) is 4.79 Å². The number of nitrogens with one attached hydrogen (secondary N) is 1. The molecule has 3 rings (SSSR count). The number of esters is 1. The van der Waals surface area contributed by atoms with Crippen molar-refractivity contribution in [3.63, 3.8) is 0 Å². The smallest absolute Gasteiger partial charge is 0.343 e. The molecule has 0 saturated heterocycles. The molecule has 1 amide bonds. The Morgan fingerprint density at radius 2 is 1.61 bits per heavy atom. The molecule has 0 aliphatic rings. The third-order valence-corrected chi connectivity index (χ3v) is 3.95. The van der Waals surface area contributed by atoms with Crippen molar-refractivity contribution in [1.82, 2.24) is 0 Å². The number of aryl methyl sites for hydroxylation is 1. The molecule has 3 aromatic carbocycles. The van der Waals surface area contributed by atoms with Gasteiger partial charge in [-0.15, -0.1) is 0 Å². The summed E-state index contributed by atoms with van der Waals surface area (Å²) in [4.78, 5) is 23.5. The van der Waals surface area contributed by atoms with Gasteiger partial charge in [0.05, 0.1) is 5.56 Å². The Morgan fingerprint density at radius 3 is 2.32 bits per heavy atom. The molecule has 0 spiro atoms. The van der Waals surface area contributed by atoms with E-state index in [0.29, 0.717) is 23.6 Å². The van der Waals surface area contributed by atoms with Crippen LogP contribution in [0, 0.1) is 6.92 Å². The SMILES string of the molecule is CC(=O)Nc1cccc(OC(=O)c2ccc(COc3cccc(C)c3)cc2)c1. The van der Waals surface area contributed by atoms with E-state index in [0.717, 1.165) is 16.9 Å². The molecule has 0 aromatic heterocycles. The number of carbonyl (C=O) groups excluding carboxylic acids is 2. The molecule has 0 atom stereocenters. The molecule has 0 saturated carbocycles. The van der Waals surface area contributed by atoms with Crippen LogP contribution < -0.4 is 14.8 Å². The lowest BCUT2D eigenvalue weighted by Crippen LogP contribution is -2.10. The van der Waals surface area contributed by atoms with Gasteiger partial charge in [0.25, 0.3) is 0 Å². The van der Waals surface area contributed by atoms with Crippen molar-refractivity contribution in [2.45, 2.75) is 20.5 Å². The standard InChI is InChI=1S/C23H21NO4/c1-16-5-3-7-21(13-16)27-15-18-9-11-19(12-10-18)23(26)28-22-8-4-6-20(14-22)24-17(2)25/h3-14H,15H2,1-2H3,(H,24,25). The summed E-state index contributed by atoms with van der Waals surface area (Å²) < 4.78 is 11.1. The van der Waals surface area contributed by atoms with Crippen LogP contribution in [0.4, 0.5) is 5.69 Å². The van der Waals surface area contributed by atoms with Crippen molar-refractivity contribution < 1.29 is 19.1 Å². The molecule has 28 heavy (non-hydrogen) atoms. The molecule has 5 heteroatoms. The molecule has 0 aliphatic carbocycles. The first kappa shape index (κ1) is 19.2. The minimum atomic E-state index is -0.467. The van der Waals surface area contributed by atoms with Crippen molar-refractivity contribution in [3.8, 4) is 11.5 Å². The Hall–Kier alpha value is -3.60. The zero-order chi connectivity index (χ0) is 19.9. The van der Waals surface area contributed by atoms with Crippen LogP contribution in [0.25, 0.3) is 0 Å². The lowest BCUT2D eigenvalue weighted by Gasteiger charge is -2.09. The number of rotatable bonds is 6. The summed E-state index contributed by atoms with van der Waals surface area (Å²) in [6.45, 7) is 3.85. The number of ether oxygens (including phenoxy) is 2. The fraction of sp³-hybridized carbons (Fsp3) is 0.130. The van der Waals surface area contributed by atoms with E-state index in [2.05, 4.69) is 5.32 Å². The lowest BCUT2D eigenvalue weighted by atomic mass is 10.1. The molecular weight excluding hydrogens is 354 g/mol. The van der Waals surface area contributed by atoms with Gasteiger partial charge in [0.2, 0.25) is 5.91 Å². The van der Waals surface area contributed by atoms with Gasteiger partial charge in [-0.2, -0.15) is 0 Å². The lowest BCUT2D eigenvalue weighted by molar-refractivity contribution is -0.114. The van der Waals surface area contributed by atoms with Crippen LogP contribution in [0.2, 0.25) is 0 Å². The van der Waals surface area contributed by atoms with Gasteiger partial charge in [-0.1, -0.05) is 30.3 Å². The molecule has 0 radical (unpaired) electrons. The topological polar surface area (TPSA) is 64.6 Å². The van der Waals surface area contributed by atoms with E-state index in [4.69, 9.17) is 9.47 Å². The molecule has 142 valence electrons. The van der Waals surface area contributed by atoms with Gasteiger partial charge in [-0.25, -0.2) is 4.79 Å². The Labute approximate surface area is 163 Å². The quantitative estimate of drug-likeness (QED) is 0.499. The molecule has 0 unspecified atom stereocenters. The largest absolute Gasteiger partial charge is 0.489 e. The van der Waals surface area contributed by atoms with Gasteiger partial charge in [0, 0.05) is 18.7 Å². The maximum absolute atomic E-state index is 12.3. The van der Waals surface area contributed by atoms with Gasteiger partial charge in [-0.05, 0) is 54.4 Å². The predicted octanol–water partition coefficient (Wildman–Crippen LogP) is 4.75. The molecule has 0 fully saturated rings. The summed E-state index contributed by atoms with van der Waals surface area (Å²) in [7, 11) is 0.